The van der Waals surface area contributed by atoms with Crippen molar-refractivity contribution in [1.82, 2.24) is 36.5 Å². The fourth-order valence-electron chi connectivity index (χ4n) is 6.39. The number of nitrogens with zero attached hydrogens (tertiary/aromatic N) is 2. The molecule has 2 unspecified atom stereocenters. The summed E-state index contributed by atoms with van der Waals surface area (Å²) in [4.78, 5) is 123. The van der Waals surface area contributed by atoms with Gasteiger partial charge in [-0.2, -0.15) is 0 Å². The van der Waals surface area contributed by atoms with Crippen molar-refractivity contribution in [3.63, 3.8) is 0 Å². The molecular weight excluding hydrogens is 839 g/mol. The Labute approximate surface area is 358 Å². The van der Waals surface area contributed by atoms with Crippen LogP contribution in [0.25, 0.3) is 10.9 Å². The Balaban J connectivity index is 0.00000237. The van der Waals surface area contributed by atoms with Gasteiger partial charge in [-0.05, 0) is 43.7 Å². The van der Waals surface area contributed by atoms with Gasteiger partial charge in [0.1, 0.15) is 30.2 Å². The predicted molar refractivity (Wildman–Crippen MR) is 226 cm³/mol. The Morgan fingerprint density at radius 2 is 1.57 bits per heavy atom. The number of nitrogens with two attached hydrogens (primary N) is 3. The fourth-order valence-corrected chi connectivity index (χ4v) is 8.56. The van der Waals surface area contributed by atoms with Gasteiger partial charge in [-0.1, -0.05) is 39.8 Å². The highest BCUT2D eigenvalue weighted by Crippen LogP contribution is 2.25. The van der Waals surface area contributed by atoms with Crippen molar-refractivity contribution >= 4 is 91.7 Å². The van der Waals surface area contributed by atoms with Crippen LogP contribution in [0.5, 0.6) is 0 Å². The predicted octanol–water partition coefficient (Wildman–Crippen LogP) is -1.96. The van der Waals surface area contributed by atoms with Crippen molar-refractivity contribution < 1.29 is 53.4 Å². The number of H-pyrrole nitrogens is 1. The maximum atomic E-state index is 14.3. The van der Waals surface area contributed by atoms with Crippen molar-refractivity contribution in [2.24, 2.45) is 22.2 Å². The van der Waals surface area contributed by atoms with E-state index >= 15 is 0 Å². The van der Waals surface area contributed by atoms with E-state index in [9.17, 15) is 43.5 Å². The molecule has 0 spiro atoms. The number of para-hydroxylation sites is 1. The van der Waals surface area contributed by atoms with E-state index in [4.69, 9.17) is 27.1 Å². The Bertz CT molecular complexity index is 1940. The van der Waals surface area contributed by atoms with Gasteiger partial charge in [0.15, 0.2) is 5.96 Å². The molecule has 0 bridgehead atoms. The number of hydrogen-bond acceptors (Lipinski definition) is 12. The van der Waals surface area contributed by atoms with Crippen LogP contribution in [0.4, 0.5) is 0 Å². The second-order valence-electron chi connectivity index (χ2n) is 14.0. The summed E-state index contributed by atoms with van der Waals surface area (Å²) in [5.41, 5.74) is 17.8. The van der Waals surface area contributed by atoms with Crippen LogP contribution in [-0.2, 0) is 49.6 Å². The Kier molecular flexibility index (Phi) is 20.1. The lowest BCUT2D eigenvalue weighted by Gasteiger charge is -2.30. The second-order valence-corrected chi connectivity index (χ2v) is 16.6. The quantitative estimate of drug-likeness (QED) is 0.0534. The summed E-state index contributed by atoms with van der Waals surface area (Å²) in [5, 5.41) is 30.5. The Morgan fingerprint density at radius 3 is 2.26 bits per heavy atom. The highest BCUT2D eigenvalue weighted by Gasteiger charge is 2.40. The zero-order valence-electron chi connectivity index (χ0n) is 33.5. The van der Waals surface area contributed by atoms with Crippen molar-refractivity contribution in [3.05, 3.63) is 36.0 Å². The smallest absolute Gasteiger partial charge is 0.305 e. The molecule has 61 heavy (non-hydrogen) atoms. The van der Waals surface area contributed by atoms with Gasteiger partial charge in [0.05, 0.1) is 13.0 Å². The van der Waals surface area contributed by atoms with Gasteiger partial charge in [-0.15, -0.1) is 0 Å². The van der Waals surface area contributed by atoms with Crippen LogP contribution in [0, 0.1) is 0 Å². The molecule has 7 amide bonds. The number of rotatable bonds is 10. The van der Waals surface area contributed by atoms with Gasteiger partial charge < -0.3 is 63.9 Å². The topological polar surface area (TPSA) is 364 Å². The summed E-state index contributed by atoms with van der Waals surface area (Å²) in [6, 6.07) is 1.07. The molecule has 2 aromatic rings. The number of guanidine groups is 1. The van der Waals surface area contributed by atoms with Gasteiger partial charge in [0.2, 0.25) is 41.4 Å². The minimum atomic E-state index is -1.68. The van der Waals surface area contributed by atoms with Crippen LogP contribution in [-0.4, -0.2) is 141 Å². The summed E-state index contributed by atoms with van der Waals surface area (Å²) < 4.78 is 0. The Morgan fingerprint density at radius 1 is 0.869 bits per heavy atom. The second kappa shape index (κ2) is 24.9. The highest BCUT2D eigenvalue weighted by atomic mass is 33.1. The van der Waals surface area contributed by atoms with Gasteiger partial charge in [0, 0.05) is 61.5 Å². The molecule has 334 valence electrons. The van der Waals surface area contributed by atoms with E-state index in [0.717, 1.165) is 17.8 Å². The molecule has 14 N–H and O–H groups in total. The first-order chi connectivity index (χ1) is 29.0. The molecule has 3 heterocycles. The van der Waals surface area contributed by atoms with Crippen LogP contribution in [0.1, 0.15) is 57.4 Å². The summed E-state index contributed by atoms with van der Waals surface area (Å²) in [6.07, 6.45) is 2.48. The fraction of sp³-hybridized carbons (Fsp3) is 0.514. The molecule has 2 aliphatic rings. The van der Waals surface area contributed by atoms with E-state index in [1.54, 1.807) is 12.3 Å². The number of unbranched alkanes of at least 4 members (excludes halogenated alkanes) is 1. The van der Waals surface area contributed by atoms with E-state index in [2.05, 4.69) is 36.6 Å². The molecule has 5 atom stereocenters. The Hall–Kier alpha value is -6.04. The molecule has 22 nitrogen and oxygen atoms in total. The first-order valence-corrected chi connectivity index (χ1v) is 21.8. The number of primary amides is 1. The maximum absolute atomic E-state index is 14.3. The molecular formula is C37H53N11O11S2. The molecule has 0 aliphatic carbocycles. The number of amides is 7. The zero-order chi connectivity index (χ0) is 45.1. The normalized spacial score (nSPS) is 22.5. The lowest BCUT2D eigenvalue weighted by molar-refractivity contribution is -0.143. The molecule has 1 aromatic heterocycles. The van der Waals surface area contributed by atoms with Crippen LogP contribution in [0.3, 0.4) is 0 Å². The number of carbonyl (C=O) groups is 9. The largest absolute Gasteiger partial charge is 0.481 e. The molecule has 4 rings (SSSR count). The number of aliphatic imine (C=N–C) groups is 1. The summed E-state index contributed by atoms with van der Waals surface area (Å²) in [7, 11) is 2.45. The molecule has 2 aliphatic heterocycles. The van der Waals surface area contributed by atoms with E-state index in [1.165, 1.54) is 26.5 Å². The van der Waals surface area contributed by atoms with Crippen molar-refractivity contribution in [2.45, 2.75) is 88.5 Å². The SMILES string of the molecule is CC(=O)O.NC(=O)[C@@H]1CSSCCC(=O)N[C@@H](CCCCN=C(N)N)C(=O)NCC(=O)NC(CC(=O)O)C(=O)N[C@@H](Cc2c[nH]c3ccccc23)C(=O)N2CCCC2C(=O)N1. The van der Waals surface area contributed by atoms with Crippen LogP contribution >= 0.6 is 21.6 Å². The monoisotopic (exact) mass is 891 g/mol. The molecule has 24 heteroatoms. The summed E-state index contributed by atoms with van der Waals surface area (Å²) in [6.45, 7) is 0.851. The summed E-state index contributed by atoms with van der Waals surface area (Å²) in [5.74, 6) is -7.18. The average molecular weight is 892 g/mol. The lowest BCUT2D eigenvalue weighted by atomic mass is 10.0. The molecule has 2 fully saturated rings. The average Bonchev–Trinajstić information content (AvgIpc) is 3.85. The first-order valence-electron chi connectivity index (χ1n) is 19.3. The van der Waals surface area contributed by atoms with Gasteiger partial charge in [-0.3, -0.25) is 48.1 Å². The summed E-state index contributed by atoms with van der Waals surface area (Å²) >= 11 is 0. The third-order valence-electron chi connectivity index (χ3n) is 9.24. The number of carbonyl (C=O) groups excluding carboxylic acids is 7. The number of aromatic nitrogens is 1. The minimum Gasteiger partial charge on any atom is -0.481 e. The van der Waals surface area contributed by atoms with Crippen LogP contribution < -0.4 is 43.8 Å². The molecule has 0 radical (unpaired) electrons. The zero-order valence-corrected chi connectivity index (χ0v) is 35.1. The van der Waals surface area contributed by atoms with Crippen molar-refractivity contribution in [3.8, 4) is 0 Å². The number of aliphatic carboxylic acids is 2. The lowest BCUT2D eigenvalue weighted by Crippen LogP contribution is -2.59. The molecule has 2 saturated heterocycles. The van der Waals surface area contributed by atoms with Gasteiger partial charge in [-0.25, -0.2) is 0 Å². The van der Waals surface area contributed by atoms with Gasteiger partial charge in [0.25, 0.3) is 5.97 Å². The van der Waals surface area contributed by atoms with Crippen LogP contribution in [0.2, 0.25) is 0 Å². The standard InChI is InChI=1S/C35H49N11O9S2.C2H4O2/c36-30(51)25-18-57-56-13-10-27(47)42-22(8-3-4-11-39-35(37)38)31(52)41-17-28(48)43-23(15-29(49)50)32(53)44-24(14-19-16-40-21-7-2-1-6-20(19)21)34(55)46-12-5-9-26(46)33(54)45-25;1-2(3)4/h1-2,6-7,16,22-26,40H,3-5,8-15,17-18H2,(H2,36,51)(H,41,52)(H,42,47)(H,43,48)(H,44,53)(H,45,54)(H,49,50)(H4,37,38,39);1H3,(H,3,4)/t22-,23?,24-,25-,26?;/m0./s1. The van der Waals surface area contributed by atoms with E-state index in [1.807, 2.05) is 18.2 Å². The van der Waals surface area contributed by atoms with Crippen LogP contribution in [0.15, 0.2) is 35.5 Å². The number of nitrogens with one attached hydrogen (secondary N) is 6. The maximum Gasteiger partial charge on any atom is 0.305 e. The van der Waals surface area contributed by atoms with Crippen molar-refractivity contribution in [1.29, 1.82) is 0 Å². The number of carboxylic acids is 2. The van der Waals surface area contributed by atoms with Crippen molar-refractivity contribution in [2.75, 3.05) is 31.1 Å². The van der Waals surface area contributed by atoms with E-state index < -0.39 is 96.5 Å². The van der Waals surface area contributed by atoms with Gasteiger partial charge >= 0.3 is 5.97 Å². The number of aromatic amines is 1. The number of fused-ring (bicyclic) bond motifs is 2. The minimum absolute atomic E-state index is 0.0195. The molecule has 0 saturated carbocycles. The number of hydrogen-bond donors (Lipinski definition) is 11. The van der Waals surface area contributed by atoms with E-state index in [0.29, 0.717) is 24.8 Å². The van der Waals surface area contributed by atoms with E-state index in [-0.39, 0.29) is 56.2 Å². The highest BCUT2D eigenvalue weighted by molar-refractivity contribution is 8.76. The number of carboxylic acid groups (broad SMARTS) is 2. The first kappa shape index (κ1) is 49.3. The third kappa shape index (κ3) is 16.9. The third-order valence-corrected chi connectivity index (χ3v) is 11.7. The molecule has 1 aromatic carbocycles. The number of benzene rings is 1.